The molecule has 178 valence electrons. The van der Waals surface area contributed by atoms with E-state index >= 15 is 0 Å². The van der Waals surface area contributed by atoms with Gasteiger partial charge in [0, 0.05) is 37.8 Å². The zero-order valence-electron chi connectivity index (χ0n) is 18.9. The molecule has 4 rings (SSSR count). The molecule has 1 aromatic carbocycles. The summed E-state index contributed by atoms with van der Waals surface area (Å²) in [6.07, 6.45) is 0.282. The molecule has 2 N–H and O–H groups in total. The van der Waals surface area contributed by atoms with Crippen LogP contribution in [0.15, 0.2) is 18.2 Å². The van der Waals surface area contributed by atoms with E-state index in [0.717, 1.165) is 17.8 Å². The number of nitrogens with zero attached hydrogens (tertiary/aromatic N) is 4. The molecule has 1 atom stereocenters. The number of urea groups is 1. The Hall–Kier alpha value is -2.69. The molecule has 1 unspecified atom stereocenters. The largest absolute Gasteiger partial charge is 0.322 e. The number of fused-ring (bicyclic) bond motifs is 3. The van der Waals surface area contributed by atoms with Gasteiger partial charge in [0.25, 0.3) is 5.91 Å². The van der Waals surface area contributed by atoms with Crippen LogP contribution in [0.5, 0.6) is 0 Å². The second-order valence-electron chi connectivity index (χ2n) is 8.77. The Kier molecular flexibility index (Phi) is 6.87. The molecular weight excluding hydrogens is 451 g/mol. The van der Waals surface area contributed by atoms with Crippen LogP contribution in [0.4, 0.5) is 14.9 Å². The highest BCUT2D eigenvalue weighted by Crippen LogP contribution is 2.27. The number of hydrogen-bond acceptors (Lipinski definition) is 5. The van der Waals surface area contributed by atoms with Gasteiger partial charge in [-0.25, -0.2) is 14.2 Å². The number of aromatic nitrogens is 2. The van der Waals surface area contributed by atoms with Crippen LogP contribution < -0.4 is 10.6 Å². The van der Waals surface area contributed by atoms with Crippen molar-refractivity contribution in [3.63, 3.8) is 0 Å². The van der Waals surface area contributed by atoms with Crippen LogP contribution in [0, 0.1) is 11.7 Å². The Morgan fingerprint density at radius 2 is 2.18 bits per heavy atom. The molecule has 9 nitrogen and oxygen atoms in total. The smallest absolute Gasteiger partial charge is 0.320 e. The van der Waals surface area contributed by atoms with Gasteiger partial charge in [0.1, 0.15) is 17.6 Å². The highest BCUT2D eigenvalue weighted by Gasteiger charge is 2.35. The van der Waals surface area contributed by atoms with Gasteiger partial charge in [-0.05, 0) is 30.7 Å². The molecule has 2 aliphatic rings. The van der Waals surface area contributed by atoms with E-state index in [4.69, 9.17) is 16.4 Å². The number of anilines is 1. The number of halogens is 2. The average Bonchev–Trinajstić information content (AvgIpc) is 3.06. The zero-order chi connectivity index (χ0) is 23.7. The fraction of sp³-hybridized carbons (Fsp3) is 0.500. The van der Waals surface area contributed by atoms with Crippen molar-refractivity contribution in [1.29, 1.82) is 0 Å². The highest BCUT2D eigenvalue weighted by molar-refractivity contribution is 6.31. The SMILES string of the molecule is CC(C)CNCC1Cn2nc3c(c2C(=O)N(C)O1)CN(C(=O)Nc1ccc(F)c(Cl)c1)CC3. The first kappa shape index (κ1) is 23.5. The van der Waals surface area contributed by atoms with E-state index in [1.54, 1.807) is 16.6 Å². The molecule has 0 aliphatic carbocycles. The Morgan fingerprint density at radius 1 is 1.39 bits per heavy atom. The predicted molar refractivity (Wildman–Crippen MR) is 121 cm³/mol. The van der Waals surface area contributed by atoms with Crippen molar-refractivity contribution >= 4 is 29.2 Å². The van der Waals surface area contributed by atoms with Crippen LogP contribution in [0.3, 0.4) is 0 Å². The lowest BCUT2D eigenvalue weighted by Gasteiger charge is -2.27. The summed E-state index contributed by atoms with van der Waals surface area (Å²) < 4.78 is 15.1. The molecule has 33 heavy (non-hydrogen) atoms. The van der Waals surface area contributed by atoms with Gasteiger partial charge in [-0.1, -0.05) is 25.4 Å². The first-order valence-corrected chi connectivity index (χ1v) is 11.4. The monoisotopic (exact) mass is 478 g/mol. The first-order chi connectivity index (χ1) is 15.7. The number of carbonyl (C=O) groups excluding carboxylic acids is 2. The molecule has 0 bridgehead atoms. The molecule has 0 spiro atoms. The summed E-state index contributed by atoms with van der Waals surface area (Å²) in [5.74, 6) is -0.337. The van der Waals surface area contributed by atoms with Crippen molar-refractivity contribution < 1.29 is 18.8 Å². The number of amides is 3. The van der Waals surface area contributed by atoms with Gasteiger partial charge in [0.15, 0.2) is 0 Å². The van der Waals surface area contributed by atoms with Gasteiger partial charge in [-0.2, -0.15) is 5.10 Å². The summed E-state index contributed by atoms with van der Waals surface area (Å²) in [5.41, 5.74) is 2.38. The molecule has 11 heteroatoms. The van der Waals surface area contributed by atoms with Gasteiger partial charge in [0.2, 0.25) is 0 Å². The maximum atomic E-state index is 13.4. The number of nitrogens with one attached hydrogen (secondary N) is 2. The van der Waals surface area contributed by atoms with Crippen LogP contribution in [0.25, 0.3) is 0 Å². The Bertz CT molecular complexity index is 1060. The summed E-state index contributed by atoms with van der Waals surface area (Å²) >= 11 is 5.81. The lowest BCUT2D eigenvalue weighted by molar-refractivity contribution is -0.146. The van der Waals surface area contributed by atoms with Gasteiger partial charge in [-0.3, -0.25) is 14.3 Å². The lowest BCUT2D eigenvalue weighted by Crippen LogP contribution is -2.40. The molecule has 1 aromatic heterocycles. The highest BCUT2D eigenvalue weighted by atomic mass is 35.5. The van der Waals surface area contributed by atoms with Crippen LogP contribution >= 0.6 is 11.6 Å². The molecule has 0 saturated heterocycles. The molecular formula is C22H28ClFN6O3. The summed E-state index contributed by atoms with van der Waals surface area (Å²) in [5, 5.41) is 12.0. The van der Waals surface area contributed by atoms with E-state index in [0.29, 0.717) is 43.4 Å². The van der Waals surface area contributed by atoms with Crippen molar-refractivity contribution in [3.8, 4) is 0 Å². The molecule has 3 heterocycles. The van der Waals surface area contributed by atoms with Gasteiger partial charge in [-0.15, -0.1) is 0 Å². The zero-order valence-corrected chi connectivity index (χ0v) is 19.7. The third kappa shape index (κ3) is 5.13. The summed E-state index contributed by atoms with van der Waals surface area (Å²) in [4.78, 5) is 33.3. The van der Waals surface area contributed by atoms with E-state index in [1.165, 1.54) is 23.3 Å². The molecule has 0 radical (unpaired) electrons. The van der Waals surface area contributed by atoms with Gasteiger partial charge < -0.3 is 15.5 Å². The molecule has 0 fully saturated rings. The predicted octanol–water partition coefficient (Wildman–Crippen LogP) is 2.90. The minimum atomic E-state index is -0.553. The summed E-state index contributed by atoms with van der Waals surface area (Å²) in [6.45, 7) is 6.82. The number of hydroxylamine groups is 2. The van der Waals surface area contributed by atoms with E-state index in [2.05, 4.69) is 29.6 Å². The van der Waals surface area contributed by atoms with E-state index in [9.17, 15) is 14.0 Å². The van der Waals surface area contributed by atoms with Crippen molar-refractivity contribution in [3.05, 3.63) is 46.0 Å². The first-order valence-electron chi connectivity index (χ1n) is 11.0. The minimum Gasteiger partial charge on any atom is -0.320 e. The van der Waals surface area contributed by atoms with Crippen LogP contribution in [-0.2, 0) is 24.3 Å². The van der Waals surface area contributed by atoms with Crippen LogP contribution in [0.2, 0.25) is 5.02 Å². The van der Waals surface area contributed by atoms with Crippen LogP contribution in [-0.4, -0.2) is 64.5 Å². The fourth-order valence-electron chi connectivity index (χ4n) is 4.03. The van der Waals surface area contributed by atoms with Gasteiger partial charge >= 0.3 is 6.03 Å². The van der Waals surface area contributed by atoms with Crippen molar-refractivity contribution in [1.82, 2.24) is 25.1 Å². The molecule has 3 amide bonds. The van der Waals surface area contributed by atoms with E-state index < -0.39 is 5.82 Å². The van der Waals surface area contributed by atoms with Crippen molar-refractivity contribution in [2.75, 3.05) is 32.0 Å². The van der Waals surface area contributed by atoms with Gasteiger partial charge in [0.05, 0.1) is 23.8 Å². The molecule has 2 aliphatic heterocycles. The second-order valence-corrected chi connectivity index (χ2v) is 9.18. The number of carbonyl (C=O) groups is 2. The summed E-state index contributed by atoms with van der Waals surface area (Å²) in [7, 11) is 1.60. The Balaban J connectivity index is 1.50. The summed E-state index contributed by atoms with van der Waals surface area (Å²) in [6, 6.07) is 3.65. The normalized spacial score (nSPS) is 18.2. The molecule has 0 saturated carbocycles. The maximum absolute atomic E-state index is 13.4. The number of benzene rings is 1. The fourth-order valence-corrected chi connectivity index (χ4v) is 4.21. The third-order valence-corrected chi connectivity index (χ3v) is 5.95. The maximum Gasteiger partial charge on any atom is 0.322 e. The lowest BCUT2D eigenvalue weighted by atomic mass is 10.1. The quantitative estimate of drug-likeness (QED) is 0.689. The third-order valence-electron chi connectivity index (χ3n) is 5.66. The average molecular weight is 479 g/mol. The van der Waals surface area contributed by atoms with E-state index in [1.807, 2.05) is 0 Å². The van der Waals surface area contributed by atoms with Crippen LogP contribution in [0.1, 0.15) is 35.6 Å². The number of rotatable bonds is 5. The minimum absolute atomic E-state index is 0.0678. The Morgan fingerprint density at radius 3 is 2.91 bits per heavy atom. The van der Waals surface area contributed by atoms with Crippen molar-refractivity contribution in [2.45, 2.75) is 39.5 Å². The van der Waals surface area contributed by atoms with Crippen molar-refractivity contribution in [2.24, 2.45) is 5.92 Å². The topological polar surface area (TPSA) is 91.7 Å². The van der Waals surface area contributed by atoms with E-state index in [-0.39, 0.29) is 29.6 Å². The molecule has 2 aromatic rings. The Labute approximate surface area is 196 Å². The standard InChI is InChI=1S/C22H28ClFN6O3/c1-13(2)9-25-10-15-11-30-20(21(31)28(3)33-15)16-12-29(7-6-19(16)27-30)22(32)26-14-4-5-18(24)17(23)8-14/h4-5,8,13,15,25H,6-7,9-12H2,1-3H3,(H,26,32). The second kappa shape index (κ2) is 9.66. The number of hydrogen-bond donors (Lipinski definition) is 2.